The van der Waals surface area contributed by atoms with Gasteiger partial charge in [-0.2, -0.15) is 0 Å². The lowest BCUT2D eigenvalue weighted by Gasteiger charge is -2.37. The van der Waals surface area contributed by atoms with Crippen LogP contribution in [0.1, 0.15) is 11.1 Å². The molecule has 0 fully saturated rings. The summed E-state index contributed by atoms with van der Waals surface area (Å²) in [5.41, 5.74) is 1.29. The zero-order valence-electron chi connectivity index (χ0n) is 13.8. The summed E-state index contributed by atoms with van der Waals surface area (Å²) >= 11 is 14.4. The fraction of sp³-hybridized carbons (Fsp3) is 0.0500. The average molecular weight is 415 g/mol. The molecule has 1 aliphatic heterocycles. The number of rotatable bonds is 3. The van der Waals surface area contributed by atoms with E-state index in [2.05, 4.69) is 4.98 Å². The van der Waals surface area contributed by atoms with Gasteiger partial charge < -0.3 is 0 Å². The standard InChI is InChI=1S/C20H12Cl2N2O2S/c21-15-16(13-7-3-1-4-8-13)24(19-23-11-12-27-19)18(26)20(22,17(15)25)14-9-5-2-6-10-14/h1-12H. The molecule has 4 nitrogen and oxygen atoms in total. The number of aromatic nitrogens is 1. The Bertz CT molecular complexity index is 1040. The first-order valence-corrected chi connectivity index (χ1v) is 9.67. The first-order chi connectivity index (χ1) is 13.0. The number of Topliss-reactive ketones (excluding diaryl/α,β-unsaturated/α-hetero) is 1. The Morgan fingerprint density at radius 3 is 2.19 bits per heavy atom. The molecule has 134 valence electrons. The normalized spacial score (nSPS) is 20.3. The summed E-state index contributed by atoms with van der Waals surface area (Å²) in [5.74, 6) is -1.24. The Hall–Kier alpha value is -2.47. The van der Waals surface area contributed by atoms with Crippen molar-refractivity contribution in [2.45, 2.75) is 4.87 Å². The fourth-order valence-corrected chi connectivity index (χ4v) is 4.33. The van der Waals surface area contributed by atoms with Crippen LogP contribution in [0.15, 0.2) is 77.3 Å². The molecule has 4 rings (SSSR count). The van der Waals surface area contributed by atoms with Gasteiger partial charge in [0.25, 0.3) is 5.91 Å². The van der Waals surface area contributed by atoms with Crippen LogP contribution in [-0.4, -0.2) is 16.7 Å². The van der Waals surface area contributed by atoms with E-state index in [1.807, 2.05) is 6.07 Å². The lowest BCUT2D eigenvalue weighted by atomic mass is 9.87. The number of thiazole rings is 1. The van der Waals surface area contributed by atoms with Crippen LogP contribution in [0.2, 0.25) is 0 Å². The number of ketones is 1. The van der Waals surface area contributed by atoms with Crippen molar-refractivity contribution in [2.75, 3.05) is 4.90 Å². The highest BCUT2D eigenvalue weighted by Gasteiger charge is 2.55. The maximum absolute atomic E-state index is 13.5. The van der Waals surface area contributed by atoms with E-state index in [1.165, 1.54) is 16.2 Å². The zero-order chi connectivity index (χ0) is 19.0. The molecule has 0 saturated carbocycles. The lowest BCUT2D eigenvalue weighted by molar-refractivity contribution is -0.129. The molecular formula is C20H12Cl2N2O2S. The van der Waals surface area contributed by atoms with E-state index in [4.69, 9.17) is 23.2 Å². The van der Waals surface area contributed by atoms with E-state index in [0.717, 1.165) is 0 Å². The third-order valence-corrected chi connectivity index (χ3v) is 5.93. The predicted molar refractivity (Wildman–Crippen MR) is 108 cm³/mol. The fourth-order valence-electron chi connectivity index (χ4n) is 2.99. The van der Waals surface area contributed by atoms with Gasteiger partial charge in [0.15, 0.2) is 5.13 Å². The van der Waals surface area contributed by atoms with Crippen LogP contribution in [0.3, 0.4) is 0 Å². The van der Waals surface area contributed by atoms with Crippen molar-refractivity contribution in [1.82, 2.24) is 4.98 Å². The Morgan fingerprint density at radius 1 is 0.963 bits per heavy atom. The first-order valence-electron chi connectivity index (χ1n) is 8.03. The number of hydrogen-bond acceptors (Lipinski definition) is 4. The molecule has 0 N–H and O–H groups in total. The van der Waals surface area contributed by atoms with Gasteiger partial charge in [-0.25, -0.2) is 4.98 Å². The first kappa shape index (κ1) is 17.9. The largest absolute Gasteiger partial charge is 0.290 e. The van der Waals surface area contributed by atoms with Crippen LogP contribution in [0.25, 0.3) is 5.70 Å². The number of anilines is 1. The van der Waals surface area contributed by atoms with Crippen molar-refractivity contribution in [1.29, 1.82) is 0 Å². The SMILES string of the molecule is O=C1C(Cl)=C(c2ccccc2)N(c2nccs2)C(=O)C1(Cl)c1ccccc1. The maximum Gasteiger partial charge on any atom is 0.267 e. The highest BCUT2D eigenvalue weighted by molar-refractivity contribution is 7.14. The Labute approximate surface area is 169 Å². The summed E-state index contributed by atoms with van der Waals surface area (Å²) < 4.78 is 0. The Balaban J connectivity index is 1.99. The van der Waals surface area contributed by atoms with E-state index < -0.39 is 16.6 Å². The van der Waals surface area contributed by atoms with Crippen molar-refractivity contribution in [2.24, 2.45) is 0 Å². The van der Waals surface area contributed by atoms with E-state index in [-0.39, 0.29) is 10.7 Å². The number of carbonyl (C=O) groups excluding carboxylic acids is 2. The molecule has 0 aliphatic carbocycles. The number of amides is 1. The Kier molecular flexibility index (Phi) is 4.60. The van der Waals surface area contributed by atoms with Crippen molar-refractivity contribution in [3.05, 3.63) is 88.4 Å². The molecule has 0 spiro atoms. The highest BCUT2D eigenvalue weighted by Crippen LogP contribution is 2.46. The summed E-state index contributed by atoms with van der Waals surface area (Å²) in [4.78, 5) is 30.3. The van der Waals surface area contributed by atoms with Crippen LogP contribution in [0, 0.1) is 0 Å². The number of benzene rings is 2. The summed E-state index contributed by atoms with van der Waals surface area (Å²) in [5, 5.41) is 2.04. The van der Waals surface area contributed by atoms with Crippen molar-refractivity contribution in [3.63, 3.8) is 0 Å². The summed E-state index contributed by atoms with van der Waals surface area (Å²) in [7, 11) is 0. The smallest absolute Gasteiger partial charge is 0.267 e. The summed E-state index contributed by atoms with van der Waals surface area (Å²) in [6, 6.07) is 17.5. The van der Waals surface area contributed by atoms with Crippen molar-refractivity contribution < 1.29 is 9.59 Å². The van der Waals surface area contributed by atoms with Crippen molar-refractivity contribution >= 4 is 57.1 Å². The second kappa shape index (κ2) is 6.93. The van der Waals surface area contributed by atoms with Gasteiger partial charge >= 0.3 is 0 Å². The number of halogens is 2. The number of hydrogen-bond donors (Lipinski definition) is 0. The van der Waals surface area contributed by atoms with Crippen LogP contribution < -0.4 is 4.90 Å². The van der Waals surface area contributed by atoms with E-state index in [0.29, 0.717) is 16.3 Å². The quantitative estimate of drug-likeness (QED) is 0.456. The summed E-state index contributed by atoms with van der Waals surface area (Å²) in [6.07, 6.45) is 1.58. The molecule has 1 unspecified atom stereocenters. The number of carbonyl (C=O) groups is 2. The number of allylic oxidation sites excluding steroid dienone is 1. The van der Waals surface area contributed by atoms with Crippen LogP contribution >= 0.6 is 34.5 Å². The lowest BCUT2D eigenvalue weighted by Crippen LogP contribution is -2.52. The van der Waals surface area contributed by atoms with Gasteiger partial charge in [0.1, 0.15) is 5.03 Å². The second-order valence-electron chi connectivity index (χ2n) is 5.84. The predicted octanol–water partition coefficient (Wildman–Crippen LogP) is 4.80. The highest BCUT2D eigenvalue weighted by atomic mass is 35.5. The van der Waals surface area contributed by atoms with Crippen LogP contribution in [-0.2, 0) is 14.5 Å². The minimum absolute atomic E-state index is 0.102. The zero-order valence-corrected chi connectivity index (χ0v) is 16.1. The molecule has 2 aromatic carbocycles. The van der Waals surface area contributed by atoms with Gasteiger partial charge in [-0.15, -0.1) is 11.3 Å². The van der Waals surface area contributed by atoms with Gasteiger partial charge in [-0.05, 0) is 5.56 Å². The van der Waals surface area contributed by atoms with Gasteiger partial charge in [0, 0.05) is 17.1 Å². The summed E-state index contributed by atoms with van der Waals surface area (Å²) in [6.45, 7) is 0. The van der Waals surface area contributed by atoms with Gasteiger partial charge in [0.05, 0.1) is 5.70 Å². The molecule has 1 aliphatic rings. The Morgan fingerprint density at radius 2 is 1.59 bits per heavy atom. The van der Waals surface area contributed by atoms with E-state index in [1.54, 1.807) is 66.2 Å². The molecule has 7 heteroatoms. The minimum Gasteiger partial charge on any atom is -0.290 e. The number of alkyl halides is 1. The van der Waals surface area contributed by atoms with Crippen molar-refractivity contribution in [3.8, 4) is 0 Å². The van der Waals surface area contributed by atoms with Gasteiger partial charge in [0.2, 0.25) is 10.7 Å². The minimum atomic E-state index is -1.94. The third kappa shape index (κ3) is 2.79. The molecule has 27 heavy (non-hydrogen) atoms. The molecule has 2 heterocycles. The topological polar surface area (TPSA) is 50.3 Å². The van der Waals surface area contributed by atoms with Crippen LogP contribution in [0.5, 0.6) is 0 Å². The molecule has 0 bridgehead atoms. The molecule has 1 aromatic heterocycles. The molecule has 0 radical (unpaired) electrons. The van der Waals surface area contributed by atoms with Gasteiger partial charge in [-0.1, -0.05) is 83.9 Å². The van der Waals surface area contributed by atoms with Gasteiger partial charge in [-0.3, -0.25) is 14.5 Å². The third-order valence-electron chi connectivity index (χ3n) is 4.27. The van der Waals surface area contributed by atoms with E-state index >= 15 is 0 Å². The average Bonchev–Trinajstić information content (AvgIpc) is 3.24. The molecule has 1 atom stereocenters. The molecular weight excluding hydrogens is 403 g/mol. The monoisotopic (exact) mass is 414 g/mol. The molecule has 0 saturated heterocycles. The number of nitrogens with zero attached hydrogens (tertiary/aromatic N) is 2. The maximum atomic E-state index is 13.5. The second-order valence-corrected chi connectivity index (χ2v) is 7.66. The molecule has 1 amide bonds. The van der Waals surface area contributed by atoms with E-state index in [9.17, 15) is 9.59 Å². The molecule has 3 aromatic rings. The van der Waals surface area contributed by atoms with Crippen LogP contribution in [0.4, 0.5) is 5.13 Å².